The average molecular weight is 370 g/mol. The van der Waals surface area contributed by atoms with Gasteiger partial charge in [-0.1, -0.05) is 36.4 Å². The van der Waals surface area contributed by atoms with Crippen LogP contribution in [0.4, 0.5) is 0 Å². The van der Waals surface area contributed by atoms with Crippen LogP contribution in [-0.4, -0.2) is 17.4 Å². The summed E-state index contributed by atoms with van der Waals surface area (Å²) in [6.45, 7) is 0. The van der Waals surface area contributed by atoms with Gasteiger partial charge in [0.25, 0.3) is 5.91 Å². The van der Waals surface area contributed by atoms with Crippen LogP contribution in [-0.2, 0) is 6.42 Å². The highest BCUT2D eigenvalue weighted by molar-refractivity contribution is 8.16. The lowest BCUT2D eigenvalue weighted by Gasteiger charge is -2.26. The summed E-state index contributed by atoms with van der Waals surface area (Å²) < 4.78 is 0.524. The maximum absolute atomic E-state index is 12.7. The topological polar surface area (TPSA) is 29.1 Å². The molecule has 1 N–H and O–H groups in total. The summed E-state index contributed by atoms with van der Waals surface area (Å²) in [5, 5.41) is 3.24. The third-order valence-corrected chi connectivity index (χ3v) is 7.96. The standard InChI is InChI=1S/C21H23NOS2/c23-20(22-19-8-3-6-15-5-1-2-7-18(15)19)16-9-11-17(12-10-16)21-24-13-4-14-25-21/h1-2,5,7,9-12,19,21H,3-4,6,8,13-14H2,(H,22,23)/t19-/m1/s1. The third kappa shape index (κ3) is 3.90. The van der Waals surface area contributed by atoms with E-state index in [1.54, 1.807) is 0 Å². The lowest BCUT2D eigenvalue weighted by atomic mass is 9.87. The summed E-state index contributed by atoms with van der Waals surface area (Å²) in [7, 11) is 0. The van der Waals surface area contributed by atoms with Crippen molar-refractivity contribution in [3.63, 3.8) is 0 Å². The normalized spacial score (nSPS) is 20.7. The molecule has 0 bridgehead atoms. The van der Waals surface area contributed by atoms with Crippen LogP contribution < -0.4 is 5.32 Å². The molecule has 0 saturated carbocycles. The second-order valence-electron chi connectivity index (χ2n) is 6.67. The van der Waals surface area contributed by atoms with Crippen molar-refractivity contribution in [1.82, 2.24) is 5.32 Å². The first-order chi connectivity index (χ1) is 12.3. The van der Waals surface area contributed by atoms with E-state index in [1.165, 1.54) is 34.6 Å². The second kappa shape index (κ2) is 7.88. The first kappa shape index (κ1) is 17.0. The molecule has 1 fully saturated rings. The second-order valence-corrected chi connectivity index (χ2v) is 9.39. The Morgan fingerprint density at radius 3 is 2.52 bits per heavy atom. The highest BCUT2D eigenvalue weighted by Gasteiger charge is 2.22. The molecule has 1 aliphatic carbocycles. The number of nitrogens with one attached hydrogen (secondary N) is 1. The largest absolute Gasteiger partial charge is 0.345 e. The monoisotopic (exact) mass is 369 g/mol. The fourth-order valence-electron chi connectivity index (χ4n) is 3.62. The molecule has 1 aliphatic heterocycles. The van der Waals surface area contributed by atoms with Crippen LogP contribution in [0.25, 0.3) is 0 Å². The Labute approximate surface area is 158 Å². The number of thioether (sulfide) groups is 2. The van der Waals surface area contributed by atoms with E-state index in [2.05, 4.69) is 41.7 Å². The molecule has 4 rings (SSSR count). The predicted octanol–water partition coefficient (Wildman–Crippen LogP) is 5.36. The molecular formula is C21H23NOS2. The van der Waals surface area contributed by atoms with Gasteiger partial charge in [-0.05, 0) is 66.0 Å². The van der Waals surface area contributed by atoms with Crippen LogP contribution in [0.3, 0.4) is 0 Å². The molecule has 2 aromatic rings. The van der Waals surface area contributed by atoms with Gasteiger partial charge in [0.15, 0.2) is 0 Å². The Morgan fingerprint density at radius 1 is 0.960 bits per heavy atom. The molecule has 2 nitrogen and oxygen atoms in total. The number of rotatable bonds is 3. The van der Waals surface area contributed by atoms with E-state index in [1.807, 2.05) is 35.7 Å². The Balaban J connectivity index is 1.45. The van der Waals surface area contributed by atoms with Gasteiger partial charge in [0.1, 0.15) is 0 Å². The number of amides is 1. The Morgan fingerprint density at radius 2 is 1.72 bits per heavy atom. The van der Waals surface area contributed by atoms with Crippen LogP contribution in [0.15, 0.2) is 48.5 Å². The Kier molecular flexibility index (Phi) is 5.37. The van der Waals surface area contributed by atoms with Crippen molar-refractivity contribution in [2.45, 2.75) is 36.3 Å². The van der Waals surface area contributed by atoms with Crippen molar-refractivity contribution >= 4 is 29.4 Å². The number of hydrogen-bond acceptors (Lipinski definition) is 3. The van der Waals surface area contributed by atoms with Crippen molar-refractivity contribution < 1.29 is 4.79 Å². The maximum atomic E-state index is 12.7. The van der Waals surface area contributed by atoms with Crippen LogP contribution in [0, 0.1) is 0 Å². The molecule has 130 valence electrons. The van der Waals surface area contributed by atoms with Gasteiger partial charge < -0.3 is 5.32 Å². The van der Waals surface area contributed by atoms with Crippen molar-refractivity contribution in [3.8, 4) is 0 Å². The smallest absolute Gasteiger partial charge is 0.251 e. The van der Waals surface area contributed by atoms with E-state index < -0.39 is 0 Å². The number of hydrogen-bond donors (Lipinski definition) is 1. The van der Waals surface area contributed by atoms with E-state index in [4.69, 9.17) is 0 Å². The van der Waals surface area contributed by atoms with Gasteiger partial charge >= 0.3 is 0 Å². The van der Waals surface area contributed by atoms with E-state index in [-0.39, 0.29) is 11.9 Å². The van der Waals surface area contributed by atoms with Crippen LogP contribution in [0.5, 0.6) is 0 Å². The Bertz CT molecular complexity index is 738. The lowest BCUT2D eigenvalue weighted by molar-refractivity contribution is 0.0933. The van der Waals surface area contributed by atoms with Gasteiger partial charge in [-0.15, -0.1) is 23.5 Å². The third-order valence-electron chi connectivity index (χ3n) is 4.95. The van der Waals surface area contributed by atoms with Gasteiger partial charge in [-0.2, -0.15) is 0 Å². The SMILES string of the molecule is O=C(N[C@@H]1CCCc2ccccc21)c1ccc(C2SCCCS2)cc1. The summed E-state index contributed by atoms with van der Waals surface area (Å²) in [5.74, 6) is 2.51. The molecule has 0 unspecified atom stereocenters. The fraction of sp³-hybridized carbons (Fsp3) is 0.381. The van der Waals surface area contributed by atoms with Gasteiger partial charge in [0.2, 0.25) is 0 Å². The van der Waals surface area contributed by atoms with Gasteiger partial charge in [0, 0.05) is 5.56 Å². The lowest BCUT2D eigenvalue weighted by Crippen LogP contribution is -2.30. The minimum atomic E-state index is 0.0391. The molecule has 25 heavy (non-hydrogen) atoms. The minimum absolute atomic E-state index is 0.0391. The number of fused-ring (bicyclic) bond motifs is 1. The number of benzene rings is 2. The Hall–Kier alpha value is -1.39. The van der Waals surface area contributed by atoms with Crippen molar-refractivity contribution in [3.05, 3.63) is 70.8 Å². The summed E-state index contributed by atoms with van der Waals surface area (Å²) in [4.78, 5) is 12.7. The number of carbonyl (C=O) groups excluding carboxylic acids is 1. The minimum Gasteiger partial charge on any atom is -0.345 e. The van der Waals surface area contributed by atoms with E-state index in [0.717, 1.165) is 24.8 Å². The predicted molar refractivity (Wildman–Crippen MR) is 108 cm³/mol. The van der Waals surface area contributed by atoms with Crippen molar-refractivity contribution in [2.75, 3.05) is 11.5 Å². The maximum Gasteiger partial charge on any atom is 0.251 e. The molecule has 1 atom stereocenters. The molecule has 0 aromatic heterocycles. The molecule has 1 heterocycles. The molecular weight excluding hydrogens is 346 g/mol. The van der Waals surface area contributed by atoms with Crippen LogP contribution in [0.2, 0.25) is 0 Å². The van der Waals surface area contributed by atoms with E-state index in [9.17, 15) is 4.79 Å². The molecule has 0 radical (unpaired) electrons. The van der Waals surface area contributed by atoms with Crippen molar-refractivity contribution in [2.24, 2.45) is 0 Å². The molecule has 1 amide bonds. The molecule has 2 aromatic carbocycles. The van der Waals surface area contributed by atoms with E-state index >= 15 is 0 Å². The average Bonchev–Trinajstić information content (AvgIpc) is 2.69. The zero-order chi connectivity index (χ0) is 17.1. The summed E-state index contributed by atoms with van der Waals surface area (Å²) in [6.07, 6.45) is 4.58. The molecule has 1 saturated heterocycles. The van der Waals surface area contributed by atoms with E-state index in [0.29, 0.717) is 4.58 Å². The zero-order valence-corrected chi connectivity index (χ0v) is 15.9. The zero-order valence-electron chi connectivity index (χ0n) is 14.2. The molecule has 2 aliphatic rings. The number of aryl methyl sites for hydroxylation is 1. The quantitative estimate of drug-likeness (QED) is 0.789. The highest BCUT2D eigenvalue weighted by atomic mass is 32.2. The van der Waals surface area contributed by atoms with Gasteiger partial charge in [-0.25, -0.2) is 0 Å². The summed E-state index contributed by atoms with van der Waals surface area (Å²) >= 11 is 4.03. The molecule has 0 spiro atoms. The van der Waals surface area contributed by atoms with Gasteiger partial charge in [0.05, 0.1) is 10.6 Å². The number of carbonyl (C=O) groups is 1. The fourth-order valence-corrected chi connectivity index (χ4v) is 6.51. The summed E-state index contributed by atoms with van der Waals surface area (Å²) in [6, 6.07) is 16.8. The first-order valence-electron chi connectivity index (χ1n) is 9.03. The summed E-state index contributed by atoms with van der Waals surface area (Å²) in [5.41, 5.74) is 4.75. The van der Waals surface area contributed by atoms with Gasteiger partial charge in [-0.3, -0.25) is 4.79 Å². The van der Waals surface area contributed by atoms with Crippen LogP contribution in [0.1, 0.15) is 56.9 Å². The van der Waals surface area contributed by atoms with Crippen molar-refractivity contribution in [1.29, 1.82) is 0 Å². The van der Waals surface area contributed by atoms with Crippen LogP contribution >= 0.6 is 23.5 Å². The first-order valence-corrected chi connectivity index (χ1v) is 11.1. The highest BCUT2D eigenvalue weighted by Crippen LogP contribution is 2.43. The molecule has 4 heteroatoms.